The van der Waals surface area contributed by atoms with Crippen LogP contribution in [-0.2, 0) is 16.0 Å². The maximum atomic E-state index is 11.6. The third kappa shape index (κ3) is 6.19. The van der Waals surface area contributed by atoms with Crippen molar-refractivity contribution in [2.45, 2.75) is 33.1 Å². The summed E-state index contributed by atoms with van der Waals surface area (Å²) >= 11 is 1.27. The smallest absolute Gasteiger partial charge is 0.413 e. The molecule has 0 radical (unpaired) electrons. The molecule has 1 aromatic heterocycles. The van der Waals surface area contributed by atoms with Crippen molar-refractivity contribution in [2.24, 2.45) is 0 Å². The normalized spacial score (nSPS) is 10.0. The molecule has 6 nitrogen and oxygen atoms in total. The lowest BCUT2D eigenvalue weighted by atomic mass is 10.3. The van der Waals surface area contributed by atoms with Crippen molar-refractivity contribution in [3.8, 4) is 0 Å². The molecule has 106 valence electrons. The zero-order chi connectivity index (χ0) is 14.1. The van der Waals surface area contributed by atoms with Crippen LogP contribution >= 0.6 is 11.3 Å². The highest BCUT2D eigenvalue weighted by Crippen LogP contribution is 2.15. The SMILES string of the molecule is CCCCNC(=O)Cc1csc(NC(=O)OCC)n1. The van der Waals surface area contributed by atoms with Gasteiger partial charge in [-0.25, -0.2) is 9.78 Å². The first-order valence-corrected chi connectivity index (χ1v) is 7.18. The minimum absolute atomic E-state index is 0.0542. The Balaban J connectivity index is 2.37. The van der Waals surface area contributed by atoms with Crippen LogP contribution in [-0.4, -0.2) is 30.1 Å². The van der Waals surface area contributed by atoms with Gasteiger partial charge in [-0.1, -0.05) is 13.3 Å². The van der Waals surface area contributed by atoms with Crippen LogP contribution in [0.1, 0.15) is 32.4 Å². The Morgan fingerprint density at radius 2 is 2.21 bits per heavy atom. The minimum atomic E-state index is -0.532. The highest BCUT2D eigenvalue weighted by Gasteiger charge is 2.09. The summed E-state index contributed by atoms with van der Waals surface area (Å²) < 4.78 is 4.74. The largest absolute Gasteiger partial charge is 0.450 e. The molecule has 0 aliphatic rings. The molecule has 1 aromatic rings. The van der Waals surface area contributed by atoms with E-state index in [1.54, 1.807) is 12.3 Å². The Morgan fingerprint density at radius 1 is 1.42 bits per heavy atom. The van der Waals surface area contributed by atoms with E-state index in [9.17, 15) is 9.59 Å². The Kier molecular flexibility index (Phi) is 6.88. The summed E-state index contributed by atoms with van der Waals surface area (Å²) in [5.74, 6) is -0.0542. The Morgan fingerprint density at radius 3 is 2.89 bits per heavy atom. The maximum Gasteiger partial charge on any atom is 0.413 e. The van der Waals surface area contributed by atoms with E-state index < -0.39 is 6.09 Å². The van der Waals surface area contributed by atoms with Crippen LogP contribution in [0.15, 0.2) is 5.38 Å². The van der Waals surface area contributed by atoms with Crippen LogP contribution in [0.3, 0.4) is 0 Å². The van der Waals surface area contributed by atoms with Gasteiger partial charge in [0.2, 0.25) is 5.91 Å². The van der Waals surface area contributed by atoms with Crippen LogP contribution in [0.4, 0.5) is 9.93 Å². The minimum Gasteiger partial charge on any atom is -0.450 e. The first-order chi connectivity index (χ1) is 9.15. The fraction of sp³-hybridized carbons (Fsp3) is 0.583. The number of hydrogen-bond donors (Lipinski definition) is 2. The molecule has 19 heavy (non-hydrogen) atoms. The van der Waals surface area contributed by atoms with Crippen molar-refractivity contribution in [1.29, 1.82) is 0 Å². The van der Waals surface area contributed by atoms with Gasteiger partial charge in [0.15, 0.2) is 5.13 Å². The molecule has 0 aliphatic carbocycles. The number of rotatable bonds is 7. The average Bonchev–Trinajstić information content (AvgIpc) is 2.77. The molecule has 2 amide bonds. The second kappa shape index (κ2) is 8.47. The number of hydrogen-bond acceptors (Lipinski definition) is 5. The van der Waals surface area contributed by atoms with E-state index in [1.165, 1.54) is 11.3 Å². The van der Waals surface area contributed by atoms with Gasteiger partial charge in [-0.3, -0.25) is 10.1 Å². The van der Waals surface area contributed by atoms with Gasteiger partial charge >= 0.3 is 6.09 Å². The number of carbonyl (C=O) groups is 2. The summed E-state index contributed by atoms with van der Waals surface area (Å²) in [7, 11) is 0. The van der Waals surface area contributed by atoms with E-state index in [4.69, 9.17) is 4.74 Å². The molecule has 0 unspecified atom stereocenters. The zero-order valence-electron chi connectivity index (χ0n) is 11.2. The van der Waals surface area contributed by atoms with Crippen molar-refractivity contribution >= 4 is 28.5 Å². The molecule has 0 saturated carbocycles. The lowest BCUT2D eigenvalue weighted by Gasteiger charge is -2.02. The molecule has 0 aliphatic heterocycles. The summed E-state index contributed by atoms with van der Waals surface area (Å²) in [6.45, 7) is 4.80. The Bertz CT molecular complexity index is 420. The number of thiazole rings is 1. The van der Waals surface area contributed by atoms with Crippen LogP contribution in [0.2, 0.25) is 0 Å². The molecule has 0 fully saturated rings. The van der Waals surface area contributed by atoms with E-state index in [0.717, 1.165) is 12.8 Å². The standard InChI is InChI=1S/C12H19N3O3S/c1-3-5-6-13-10(16)7-9-8-19-11(14-9)15-12(17)18-4-2/h8H,3-7H2,1-2H3,(H,13,16)(H,14,15,17). The molecule has 0 aromatic carbocycles. The topological polar surface area (TPSA) is 80.3 Å². The molecule has 1 rings (SSSR count). The number of anilines is 1. The second-order valence-corrected chi connectivity index (χ2v) is 4.73. The fourth-order valence-corrected chi connectivity index (χ4v) is 2.03. The van der Waals surface area contributed by atoms with Crippen LogP contribution in [0.25, 0.3) is 0 Å². The predicted molar refractivity (Wildman–Crippen MR) is 74.4 cm³/mol. The van der Waals surface area contributed by atoms with Gasteiger partial charge in [0.25, 0.3) is 0 Å². The molecule has 1 heterocycles. The van der Waals surface area contributed by atoms with E-state index >= 15 is 0 Å². The number of amides is 2. The van der Waals surface area contributed by atoms with E-state index in [0.29, 0.717) is 24.0 Å². The molecular formula is C12H19N3O3S. The number of nitrogens with zero attached hydrogens (tertiary/aromatic N) is 1. The highest BCUT2D eigenvalue weighted by atomic mass is 32.1. The second-order valence-electron chi connectivity index (χ2n) is 3.87. The van der Waals surface area contributed by atoms with E-state index in [-0.39, 0.29) is 12.3 Å². The van der Waals surface area contributed by atoms with Crippen molar-refractivity contribution in [1.82, 2.24) is 10.3 Å². The number of nitrogens with one attached hydrogen (secondary N) is 2. The van der Waals surface area contributed by atoms with Crippen molar-refractivity contribution < 1.29 is 14.3 Å². The lowest BCUT2D eigenvalue weighted by Crippen LogP contribution is -2.26. The molecule has 0 bridgehead atoms. The summed E-state index contributed by atoms with van der Waals surface area (Å²) in [6, 6.07) is 0. The van der Waals surface area contributed by atoms with Crippen LogP contribution in [0, 0.1) is 0 Å². The fourth-order valence-electron chi connectivity index (χ4n) is 1.33. The Labute approximate surface area is 116 Å². The summed E-state index contributed by atoms with van der Waals surface area (Å²) in [4.78, 5) is 26.9. The lowest BCUT2D eigenvalue weighted by molar-refractivity contribution is -0.120. The van der Waals surface area contributed by atoms with Gasteiger partial charge in [-0.2, -0.15) is 0 Å². The van der Waals surface area contributed by atoms with Gasteiger partial charge in [0.05, 0.1) is 18.7 Å². The van der Waals surface area contributed by atoms with E-state index in [1.807, 2.05) is 0 Å². The summed E-state index contributed by atoms with van der Waals surface area (Å²) in [5.41, 5.74) is 0.644. The van der Waals surface area contributed by atoms with Crippen molar-refractivity contribution in [3.05, 3.63) is 11.1 Å². The molecule has 0 saturated heterocycles. The molecular weight excluding hydrogens is 266 g/mol. The van der Waals surface area contributed by atoms with Gasteiger partial charge in [0, 0.05) is 11.9 Å². The van der Waals surface area contributed by atoms with Gasteiger partial charge < -0.3 is 10.1 Å². The molecule has 0 atom stereocenters. The molecule has 7 heteroatoms. The van der Waals surface area contributed by atoms with Gasteiger partial charge in [-0.15, -0.1) is 11.3 Å². The number of ether oxygens (including phenoxy) is 1. The Hall–Kier alpha value is -1.63. The van der Waals surface area contributed by atoms with Crippen molar-refractivity contribution in [2.75, 3.05) is 18.5 Å². The molecule has 0 spiro atoms. The maximum absolute atomic E-state index is 11.6. The summed E-state index contributed by atoms with van der Waals surface area (Å²) in [5, 5.41) is 7.51. The first kappa shape index (κ1) is 15.4. The third-order valence-electron chi connectivity index (χ3n) is 2.23. The van der Waals surface area contributed by atoms with Crippen LogP contribution in [0.5, 0.6) is 0 Å². The average molecular weight is 285 g/mol. The quantitative estimate of drug-likeness (QED) is 0.752. The van der Waals surface area contributed by atoms with Gasteiger partial charge in [0.1, 0.15) is 0 Å². The summed E-state index contributed by atoms with van der Waals surface area (Å²) in [6.07, 6.45) is 1.71. The zero-order valence-corrected chi connectivity index (χ0v) is 12.0. The van der Waals surface area contributed by atoms with Crippen molar-refractivity contribution in [3.63, 3.8) is 0 Å². The number of aromatic nitrogens is 1. The molecule has 2 N–H and O–H groups in total. The monoisotopic (exact) mass is 285 g/mol. The highest BCUT2D eigenvalue weighted by molar-refractivity contribution is 7.13. The van der Waals surface area contributed by atoms with Gasteiger partial charge in [-0.05, 0) is 13.3 Å². The predicted octanol–water partition coefficient (Wildman–Crippen LogP) is 2.17. The van der Waals surface area contributed by atoms with Crippen LogP contribution < -0.4 is 10.6 Å². The number of carbonyl (C=O) groups excluding carboxylic acids is 2. The number of unbranched alkanes of at least 4 members (excludes halogenated alkanes) is 1. The third-order valence-corrected chi connectivity index (χ3v) is 3.04. The van der Waals surface area contributed by atoms with E-state index in [2.05, 4.69) is 22.5 Å². The first-order valence-electron chi connectivity index (χ1n) is 6.30.